The minimum absolute atomic E-state index is 0.230. The molecule has 0 saturated heterocycles. The Labute approximate surface area is 84.8 Å². The summed E-state index contributed by atoms with van der Waals surface area (Å²) in [6.45, 7) is 0. The van der Waals surface area contributed by atoms with Gasteiger partial charge in [-0.1, -0.05) is 12.2 Å². The van der Waals surface area contributed by atoms with E-state index >= 15 is 0 Å². The average molecular weight is 206 g/mol. The van der Waals surface area contributed by atoms with E-state index in [0.29, 0.717) is 11.5 Å². The molecule has 0 saturated carbocycles. The summed E-state index contributed by atoms with van der Waals surface area (Å²) in [5.41, 5.74) is 5.95. The Morgan fingerprint density at radius 1 is 1.36 bits per heavy atom. The average Bonchev–Trinajstić information content (AvgIpc) is 2.71. The topological polar surface area (TPSA) is 82.5 Å². The minimum atomic E-state index is 0.230. The first-order chi connectivity index (χ1) is 6.77. The quantitative estimate of drug-likeness (QED) is 0.679. The summed E-state index contributed by atoms with van der Waals surface area (Å²) in [6.07, 6.45) is 4.33. The van der Waals surface area contributed by atoms with Gasteiger partial charge in [-0.3, -0.25) is 0 Å². The molecule has 0 radical (unpaired) electrons. The van der Waals surface area contributed by atoms with Crippen molar-refractivity contribution in [2.45, 2.75) is 0 Å². The number of aromatic nitrogens is 5. The third-order valence-electron chi connectivity index (χ3n) is 1.56. The molecule has 14 heavy (non-hydrogen) atoms. The second kappa shape index (κ2) is 3.46. The maximum Gasteiger partial charge on any atom is 0.159 e. The molecule has 2 rings (SSSR count). The van der Waals surface area contributed by atoms with Gasteiger partial charge in [0.2, 0.25) is 0 Å². The van der Waals surface area contributed by atoms with Crippen LogP contribution in [0.3, 0.4) is 0 Å². The smallest absolute Gasteiger partial charge is 0.159 e. The van der Waals surface area contributed by atoms with Crippen molar-refractivity contribution in [3.63, 3.8) is 0 Å². The maximum absolute atomic E-state index is 5.43. The van der Waals surface area contributed by atoms with Crippen LogP contribution in [-0.4, -0.2) is 29.7 Å². The lowest BCUT2D eigenvalue weighted by Gasteiger charge is -2.00. The Morgan fingerprint density at radius 2 is 2.21 bits per heavy atom. The molecule has 0 amide bonds. The number of rotatable bonds is 2. The van der Waals surface area contributed by atoms with Gasteiger partial charge in [0.15, 0.2) is 5.82 Å². The Bertz CT molecular complexity index is 451. The highest BCUT2D eigenvalue weighted by Crippen LogP contribution is 2.01. The van der Waals surface area contributed by atoms with E-state index in [0.717, 1.165) is 0 Å². The third kappa shape index (κ3) is 1.57. The molecule has 0 aliphatic rings. The van der Waals surface area contributed by atoms with Crippen molar-refractivity contribution in [3.05, 3.63) is 30.7 Å². The minimum Gasteiger partial charge on any atom is -0.388 e. The van der Waals surface area contributed by atoms with Gasteiger partial charge in [0.25, 0.3) is 0 Å². The summed E-state index contributed by atoms with van der Waals surface area (Å²) in [7, 11) is 0. The van der Waals surface area contributed by atoms with E-state index in [-0.39, 0.29) is 4.99 Å². The van der Waals surface area contributed by atoms with Crippen LogP contribution in [0, 0.1) is 0 Å². The second-order valence-corrected chi connectivity index (χ2v) is 2.91. The molecule has 0 fully saturated rings. The molecule has 2 aromatic heterocycles. The highest BCUT2D eigenvalue weighted by atomic mass is 32.1. The van der Waals surface area contributed by atoms with Crippen LogP contribution in [0.1, 0.15) is 5.69 Å². The summed E-state index contributed by atoms with van der Waals surface area (Å²) in [6, 6.07) is 1.65. The zero-order valence-electron chi connectivity index (χ0n) is 7.03. The summed E-state index contributed by atoms with van der Waals surface area (Å²) < 4.78 is 1.50. The first-order valence-electron chi connectivity index (χ1n) is 3.74. The summed E-state index contributed by atoms with van der Waals surface area (Å²) >= 11 is 4.79. The monoisotopic (exact) mass is 206 g/mol. The molecule has 0 bridgehead atoms. The van der Waals surface area contributed by atoms with E-state index in [9.17, 15) is 0 Å². The highest BCUT2D eigenvalue weighted by molar-refractivity contribution is 7.80. The maximum atomic E-state index is 5.43. The van der Waals surface area contributed by atoms with Gasteiger partial charge in [-0.05, 0) is 0 Å². The number of nitrogens with zero attached hydrogens (tertiary/aromatic N) is 5. The van der Waals surface area contributed by atoms with Crippen molar-refractivity contribution in [2.75, 3.05) is 0 Å². The molecule has 0 aliphatic heterocycles. The molecule has 2 N–H and O–H groups in total. The van der Waals surface area contributed by atoms with Gasteiger partial charge >= 0.3 is 0 Å². The van der Waals surface area contributed by atoms with Gasteiger partial charge in [-0.15, -0.1) is 0 Å². The highest BCUT2D eigenvalue weighted by Gasteiger charge is 2.02. The summed E-state index contributed by atoms with van der Waals surface area (Å²) in [5.74, 6) is 0.584. The van der Waals surface area contributed by atoms with Crippen molar-refractivity contribution in [3.8, 4) is 5.82 Å². The molecule has 7 heteroatoms. The van der Waals surface area contributed by atoms with E-state index in [1.165, 1.54) is 23.7 Å². The fourth-order valence-corrected chi connectivity index (χ4v) is 1.05. The van der Waals surface area contributed by atoms with Gasteiger partial charge in [0.1, 0.15) is 29.7 Å². The Kier molecular flexibility index (Phi) is 2.15. The first-order valence-corrected chi connectivity index (χ1v) is 4.15. The molecular formula is C7H6N6S. The van der Waals surface area contributed by atoms with Gasteiger partial charge < -0.3 is 5.73 Å². The van der Waals surface area contributed by atoms with Crippen LogP contribution < -0.4 is 5.73 Å². The number of hydrogen-bond donors (Lipinski definition) is 1. The van der Waals surface area contributed by atoms with Gasteiger partial charge in [0, 0.05) is 6.07 Å². The lowest BCUT2D eigenvalue weighted by molar-refractivity contribution is 0.837. The molecular weight excluding hydrogens is 200 g/mol. The molecule has 70 valence electrons. The molecule has 2 aromatic rings. The summed E-state index contributed by atoms with van der Waals surface area (Å²) in [4.78, 5) is 11.9. The van der Waals surface area contributed by atoms with Crippen LogP contribution in [0.4, 0.5) is 0 Å². The largest absolute Gasteiger partial charge is 0.388 e. The lowest BCUT2D eigenvalue weighted by Crippen LogP contribution is -2.13. The number of thiocarbonyl (C=S) groups is 1. The standard InChI is InChI=1S/C7H6N6S/c8-7(14)5-1-6(11-3-10-5)13-4-9-2-12-13/h1-4H,(H2,8,14). The molecule has 0 spiro atoms. The number of nitrogens with two attached hydrogens (primary N) is 1. The zero-order chi connectivity index (χ0) is 9.97. The SMILES string of the molecule is NC(=S)c1cc(-n2cncn2)ncn1. The molecule has 0 atom stereocenters. The Morgan fingerprint density at radius 3 is 2.86 bits per heavy atom. The fourth-order valence-electron chi connectivity index (χ4n) is 0.934. The second-order valence-electron chi connectivity index (χ2n) is 2.47. The normalized spacial score (nSPS) is 10.0. The van der Waals surface area contributed by atoms with Gasteiger partial charge in [-0.2, -0.15) is 5.10 Å². The summed E-state index contributed by atoms with van der Waals surface area (Å²) in [5, 5.41) is 3.92. The fraction of sp³-hybridized carbons (Fsp3) is 0. The van der Waals surface area contributed by atoms with Crippen LogP contribution in [0.25, 0.3) is 5.82 Å². The van der Waals surface area contributed by atoms with E-state index in [2.05, 4.69) is 20.1 Å². The predicted molar refractivity (Wildman–Crippen MR) is 52.8 cm³/mol. The van der Waals surface area contributed by atoms with Gasteiger partial charge in [-0.25, -0.2) is 19.6 Å². The van der Waals surface area contributed by atoms with Crippen LogP contribution >= 0.6 is 12.2 Å². The van der Waals surface area contributed by atoms with Crippen molar-refractivity contribution in [2.24, 2.45) is 5.73 Å². The van der Waals surface area contributed by atoms with E-state index < -0.39 is 0 Å². The molecule has 2 heterocycles. The number of hydrogen-bond acceptors (Lipinski definition) is 5. The lowest BCUT2D eigenvalue weighted by atomic mass is 10.4. The van der Waals surface area contributed by atoms with E-state index in [4.69, 9.17) is 18.0 Å². The van der Waals surface area contributed by atoms with Crippen molar-refractivity contribution in [1.29, 1.82) is 0 Å². The molecule has 0 aliphatic carbocycles. The molecule has 6 nitrogen and oxygen atoms in total. The van der Waals surface area contributed by atoms with Crippen LogP contribution in [-0.2, 0) is 0 Å². The first kappa shape index (κ1) is 8.70. The van der Waals surface area contributed by atoms with Crippen LogP contribution in [0.5, 0.6) is 0 Å². The van der Waals surface area contributed by atoms with Crippen LogP contribution in [0.2, 0.25) is 0 Å². The van der Waals surface area contributed by atoms with Crippen molar-refractivity contribution >= 4 is 17.2 Å². The van der Waals surface area contributed by atoms with E-state index in [1.54, 1.807) is 6.07 Å². The Hall–Kier alpha value is -1.89. The van der Waals surface area contributed by atoms with Crippen molar-refractivity contribution in [1.82, 2.24) is 24.7 Å². The van der Waals surface area contributed by atoms with E-state index in [1.807, 2.05) is 0 Å². The Balaban J connectivity index is 2.46. The van der Waals surface area contributed by atoms with Gasteiger partial charge in [0.05, 0.1) is 0 Å². The third-order valence-corrected chi connectivity index (χ3v) is 1.77. The predicted octanol–water partition coefficient (Wildman–Crippen LogP) is -0.308. The zero-order valence-corrected chi connectivity index (χ0v) is 7.85. The van der Waals surface area contributed by atoms with Crippen LogP contribution in [0.15, 0.2) is 25.0 Å². The molecule has 0 aromatic carbocycles. The van der Waals surface area contributed by atoms with Crippen molar-refractivity contribution < 1.29 is 0 Å². The molecule has 0 unspecified atom stereocenters.